The molecule has 5 heterocycles. The first-order valence-corrected chi connectivity index (χ1v) is 13.2. The number of piperidine rings is 1. The number of primary amides is 1. The quantitative estimate of drug-likeness (QED) is 0.411. The molecular formula is C25H31ClF4N6O3. The standard InChI is InChI=1S/C25H31ClF4N6O3/c1-23(2,3)18-15(39-21(31)37)8-25(29,30)11-36(18)20-14-9-32-19(26)16(28)17(14)33-22(34-20)38-12-24-5-4-6-35(24)10-13(27)7-24/h9,13,15,18H,4-8,10-12H2,1-3H3,(H2,31,37)/t13-,15?,18?,24+/m1/s1. The lowest BCUT2D eigenvalue weighted by Gasteiger charge is -2.49. The maximum absolute atomic E-state index is 15.2. The predicted octanol–water partition coefficient (Wildman–Crippen LogP) is 4.50. The van der Waals surface area contributed by atoms with Gasteiger partial charge < -0.3 is 20.1 Å². The Morgan fingerprint density at radius 2 is 2.03 bits per heavy atom. The van der Waals surface area contributed by atoms with Gasteiger partial charge in [0.25, 0.3) is 5.92 Å². The minimum atomic E-state index is -3.30. The van der Waals surface area contributed by atoms with Gasteiger partial charge in [0.05, 0.1) is 29.9 Å². The van der Waals surface area contributed by atoms with Gasteiger partial charge in [-0.05, 0) is 24.8 Å². The Hall–Kier alpha value is -2.67. The van der Waals surface area contributed by atoms with Crippen LogP contribution in [0.1, 0.15) is 46.5 Å². The number of halogens is 5. The monoisotopic (exact) mass is 574 g/mol. The zero-order valence-corrected chi connectivity index (χ0v) is 22.7. The second-order valence-electron chi connectivity index (χ2n) is 11.8. The maximum atomic E-state index is 15.2. The Labute approximate surface area is 228 Å². The van der Waals surface area contributed by atoms with Crippen LogP contribution in [0, 0.1) is 11.2 Å². The summed E-state index contributed by atoms with van der Waals surface area (Å²) in [5, 5.41) is -0.430. The molecule has 2 N–H and O–H groups in total. The van der Waals surface area contributed by atoms with E-state index in [2.05, 4.69) is 15.0 Å². The molecule has 2 aromatic rings. The van der Waals surface area contributed by atoms with Crippen LogP contribution in [0.3, 0.4) is 0 Å². The summed E-state index contributed by atoms with van der Waals surface area (Å²) in [6.07, 6.45) is -1.13. The summed E-state index contributed by atoms with van der Waals surface area (Å²) in [6, 6.07) is -1.10. The molecule has 3 aliphatic rings. The first kappa shape index (κ1) is 27.9. The van der Waals surface area contributed by atoms with E-state index in [1.807, 2.05) is 4.90 Å². The van der Waals surface area contributed by atoms with Gasteiger partial charge in [0.15, 0.2) is 11.0 Å². The zero-order chi connectivity index (χ0) is 28.3. The minimum Gasteiger partial charge on any atom is -0.461 e. The van der Waals surface area contributed by atoms with Crippen molar-refractivity contribution in [1.29, 1.82) is 0 Å². The molecule has 214 valence electrons. The van der Waals surface area contributed by atoms with Crippen molar-refractivity contribution in [2.75, 3.05) is 31.1 Å². The summed E-state index contributed by atoms with van der Waals surface area (Å²) in [5.74, 6) is -4.35. The normalized spacial score (nSPS) is 29.0. The number of rotatable bonds is 5. The Bertz CT molecular complexity index is 1280. The molecule has 3 saturated heterocycles. The molecule has 0 aliphatic carbocycles. The topological polar surface area (TPSA) is 107 Å². The highest BCUT2D eigenvalue weighted by molar-refractivity contribution is 6.30. The van der Waals surface area contributed by atoms with Gasteiger partial charge >= 0.3 is 12.1 Å². The molecule has 0 bridgehead atoms. The number of pyridine rings is 1. The number of fused-ring (bicyclic) bond motifs is 2. The molecule has 4 atom stereocenters. The van der Waals surface area contributed by atoms with Crippen molar-refractivity contribution in [3.05, 3.63) is 17.2 Å². The number of hydrogen-bond donors (Lipinski definition) is 1. The van der Waals surface area contributed by atoms with Gasteiger partial charge in [-0.25, -0.2) is 27.3 Å². The number of anilines is 1. The number of ether oxygens (including phenoxy) is 2. The molecule has 9 nitrogen and oxygen atoms in total. The third kappa shape index (κ3) is 5.27. The van der Waals surface area contributed by atoms with Crippen molar-refractivity contribution in [1.82, 2.24) is 19.9 Å². The summed E-state index contributed by atoms with van der Waals surface area (Å²) in [5.41, 5.74) is 3.70. The molecule has 3 aliphatic heterocycles. The molecule has 14 heteroatoms. The Morgan fingerprint density at radius 1 is 1.28 bits per heavy atom. The van der Waals surface area contributed by atoms with E-state index in [-0.39, 0.29) is 35.8 Å². The van der Waals surface area contributed by atoms with E-state index < -0.39 is 65.2 Å². The van der Waals surface area contributed by atoms with Crippen LogP contribution >= 0.6 is 11.6 Å². The molecule has 1 amide bonds. The number of nitrogens with two attached hydrogens (primary N) is 1. The first-order valence-electron chi connectivity index (χ1n) is 12.8. The number of amides is 1. The van der Waals surface area contributed by atoms with E-state index >= 15 is 13.2 Å². The third-order valence-electron chi connectivity index (χ3n) is 7.85. The van der Waals surface area contributed by atoms with E-state index in [1.165, 1.54) is 11.1 Å². The fraction of sp³-hybridized carbons (Fsp3) is 0.680. The minimum absolute atomic E-state index is 0.0272. The highest BCUT2D eigenvalue weighted by Gasteiger charge is 2.53. The number of aromatic nitrogens is 3. The predicted molar refractivity (Wildman–Crippen MR) is 135 cm³/mol. The molecule has 0 spiro atoms. The van der Waals surface area contributed by atoms with E-state index in [9.17, 15) is 9.18 Å². The fourth-order valence-electron chi connectivity index (χ4n) is 6.44. The molecule has 0 saturated carbocycles. The van der Waals surface area contributed by atoms with Crippen LogP contribution in [0.15, 0.2) is 6.20 Å². The van der Waals surface area contributed by atoms with E-state index in [1.54, 1.807) is 20.8 Å². The third-order valence-corrected chi connectivity index (χ3v) is 8.11. The summed E-state index contributed by atoms with van der Waals surface area (Å²) < 4.78 is 70.8. The second-order valence-corrected chi connectivity index (χ2v) is 12.2. The average Bonchev–Trinajstić information content (AvgIpc) is 3.33. The Morgan fingerprint density at radius 3 is 2.72 bits per heavy atom. The van der Waals surface area contributed by atoms with Gasteiger partial charge in [-0.3, -0.25) is 4.90 Å². The van der Waals surface area contributed by atoms with E-state index in [4.69, 9.17) is 26.8 Å². The number of nitrogens with zero attached hydrogens (tertiary/aromatic N) is 5. The molecular weight excluding hydrogens is 544 g/mol. The number of carbonyl (C=O) groups excluding carboxylic acids is 1. The van der Waals surface area contributed by atoms with E-state index in [0.717, 1.165) is 13.0 Å². The van der Waals surface area contributed by atoms with Gasteiger partial charge in [0.1, 0.15) is 30.2 Å². The van der Waals surface area contributed by atoms with Gasteiger partial charge in [-0.15, -0.1) is 0 Å². The van der Waals surface area contributed by atoms with Crippen LogP contribution in [0.2, 0.25) is 5.15 Å². The van der Waals surface area contributed by atoms with Crippen LogP contribution in [-0.4, -0.2) is 82.0 Å². The van der Waals surface area contributed by atoms with Crippen LogP contribution in [0.25, 0.3) is 10.9 Å². The largest absolute Gasteiger partial charge is 0.461 e. The molecule has 39 heavy (non-hydrogen) atoms. The summed E-state index contributed by atoms with van der Waals surface area (Å²) in [6.45, 7) is 5.67. The molecule has 5 rings (SSSR count). The van der Waals surface area contributed by atoms with Crippen molar-refractivity contribution in [2.45, 2.75) is 76.2 Å². The van der Waals surface area contributed by atoms with Gasteiger partial charge in [-0.2, -0.15) is 9.97 Å². The van der Waals surface area contributed by atoms with Crippen molar-refractivity contribution < 1.29 is 31.8 Å². The molecule has 0 aromatic carbocycles. The fourth-order valence-corrected chi connectivity index (χ4v) is 6.57. The lowest BCUT2D eigenvalue weighted by molar-refractivity contribution is -0.0824. The highest BCUT2D eigenvalue weighted by Crippen LogP contribution is 2.44. The molecule has 2 aromatic heterocycles. The van der Waals surface area contributed by atoms with Crippen molar-refractivity contribution in [3.63, 3.8) is 0 Å². The maximum Gasteiger partial charge on any atom is 0.404 e. The van der Waals surface area contributed by atoms with Crippen molar-refractivity contribution in [3.8, 4) is 6.01 Å². The summed E-state index contributed by atoms with van der Waals surface area (Å²) >= 11 is 5.93. The van der Waals surface area contributed by atoms with Gasteiger partial charge in [-0.1, -0.05) is 32.4 Å². The first-order chi connectivity index (χ1) is 18.2. The van der Waals surface area contributed by atoms with Crippen molar-refractivity contribution >= 4 is 34.4 Å². The van der Waals surface area contributed by atoms with Crippen LogP contribution in [-0.2, 0) is 4.74 Å². The lowest BCUT2D eigenvalue weighted by atomic mass is 9.78. The smallest absolute Gasteiger partial charge is 0.404 e. The molecule has 0 radical (unpaired) electrons. The van der Waals surface area contributed by atoms with Crippen LogP contribution in [0.4, 0.5) is 28.2 Å². The molecule has 2 unspecified atom stereocenters. The number of alkyl halides is 3. The van der Waals surface area contributed by atoms with Gasteiger partial charge in [0, 0.05) is 19.2 Å². The van der Waals surface area contributed by atoms with Crippen molar-refractivity contribution in [2.24, 2.45) is 11.1 Å². The van der Waals surface area contributed by atoms with E-state index in [0.29, 0.717) is 13.0 Å². The molecule has 3 fully saturated rings. The van der Waals surface area contributed by atoms with Crippen LogP contribution < -0.4 is 15.4 Å². The summed E-state index contributed by atoms with van der Waals surface area (Å²) in [7, 11) is 0. The van der Waals surface area contributed by atoms with Gasteiger partial charge in [0.2, 0.25) is 0 Å². The second kappa shape index (κ2) is 9.76. The highest BCUT2D eigenvalue weighted by atomic mass is 35.5. The van der Waals surface area contributed by atoms with Crippen LogP contribution in [0.5, 0.6) is 6.01 Å². The number of hydrogen-bond acceptors (Lipinski definition) is 8. The lowest BCUT2D eigenvalue weighted by Crippen LogP contribution is -2.62. The zero-order valence-electron chi connectivity index (χ0n) is 21.9. The summed E-state index contributed by atoms with van der Waals surface area (Å²) in [4.78, 5) is 27.5. The Balaban J connectivity index is 1.61. The average molecular weight is 575 g/mol. The SMILES string of the molecule is CC(C)(C)C1C(OC(N)=O)CC(F)(F)CN1c1nc(OC[C@@]23CCCN2C[C@H](F)C3)nc2c(F)c(Cl)ncc12. The Kier molecular flexibility index (Phi) is 6.97. The number of carbonyl (C=O) groups is 1.